The van der Waals surface area contributed by atoms with Gasteiger partial charge in [-0.2, -0.15) is 0 Å². The number of ether oxygens (including phenoxy) is 6. The van der Waals surface area contributed by atoms with Gasteiger partial charge in [-0.15, -0.1) is 0 Å². The molecule has 3 saturated heterocycles. The van der Waals surface area contributed by atoms with E-state index in [1.54, 1.807) is 14.0 Å². The van der Waals surface area contributed by atoms with Gasteiger partial charge < -0.3 is 49.1 Å². The van der Waals surface area contributed by atoms with E-state index in [9.17, 15) is 34.5 Å². The second-order valence-electron chi connectivity index (χ2n) is 13.9. The van der Waals surface area contributed by atoms with Crippen molar-refractivity contribution in [3.8, 4) is 17.2 Å². The van der Waals surface area contributed by atoms with Crippen molar-refractivity contribution in [2.75, 3.05) is 33.9 Å². The molecule has 3 aliphatic heterocycles. The maximum atomic E-state index is 14.0. The molecule has 7 rings (SSSR count). The summed E-state index contributed by atoms with van der Waals surface area (Å²) in [4.78, 5) is 55.6. The lowest BCUT2D eigenvalue weighted by Crippen LogP contribution is -2.55. The van der Waals surface area contributed by atoms with Gasteiger partial charge in [0, 0.05) is 75.0 Å². The number of phenols is 2. The van der Waals surface area contributed by atoms with Gasteiger partial charge in [-0.25, -0.2) is 0 Å². The van der Waals surface area contributed by atoms with Crippen LogP contribution in [0.4, 0.5) is 0 Å². The summed E-state index contributed by atoms with van der Waals surface area (Å²) in [5.41, 5.74) is -3.29. The summed E-state index contributed by atoms with van der Waals surface area (Å²) in [5.74, 6) is -3.36. The van der Waals surface area contributed by atoms with E-state index in [-0.39, 0.29) is 58.9 Å². The SMILES string of the molecule is CCC(=O)CCCNC(=O)[C@]1(O)Cc2c(O)c3c(c(O)c2[C@@H](O[C@H]2C[C@H]4[C@H](O[C@@H]5[C@@H](OC)OCCN54)[C@H](C)O2)C1)C(=O)c1c(OC)cccc1C3=O. The van der Waals surface area contributed by atoms with Crippen molar-refractivity contribution in [1.29, 1.82) is 0 Å². The first-order valence-electron chi connectivity index (χ1n) is 17.7. The molecule has 3 fully saturated rings. The number of benzene rings is 2. The number of fused-ring (bicyclic) bond motifs is 6. The summed E-state index contributed by atoms with van der Waals surface area (Å²) >= 11 is 0. The van der Waals surface area contributed by atoms with Crippen LogP contribution in [0, 0.1) is 0 Å². The zero-order valence-corrected chi connectivity index (χ0v) is 29.5. The number of Topliss-reactive ketones (excluding diaryl/α,β-unsaturated/α-hetero) is 1. The van der Waals surface area contributed by atoms with Gasteiger partial charge in [-0.05, 0) is 19.4 Å². The van der Waals surface area contributed by atoms with Crippen molar-refractivity contribution in [3.63, 3.8) is 0 Å². The topological polar surface area (TPSA) is 200 Å². The number of amides is 1. The quantitative estimate of drug-likeness (QED) is 0.175. The van der Waals surface area contributed by atoms with E-state index >= 15 is 0 Å². The Morgan fingerprint density at radius 3 is 2.58 bits per heavy atom. The minimum atomic E-state index is -2.19. The zero-order valence-electron chi connectivity index (χ0n) is 29.5. The molecule has 15 heteroatoms. The second kappa shape index (κ2) is 14.1. The molecular weight excluding hydrogens is 680 g/mol. The lowest BCUT2D eigenvalue weighted by molar-refractivity contribution is -0.256. The van der Waals surface area contributed by atoms with E-state index < -0.39 is 89.6 Å². The molecule has 2 aromatic rings. The highest BCUT2D eigenvalue weighted by molar-refractivity contribution is 6.31. The Kier molecular flexibility index (Phi) is 9.88. The lowest BCUT2D eigenvalue weighted by atomic mass is 9.72. The van der Waals surface area contributed by atoms with Crippen LogP contribution in [-0.4, -0.2) is 120 Å². The van der Waals surface area contributed by atoms with Crippen LogP contribution in [0.15, 0.2) is 18.2 Å². The Bertz CT molecular complexity index is 1800. The summed E-state index contributed by atoms with van der Waals surface area (Å²) in [6.07, 6.45) is -3.73. The molecule has 4 N–H and O–H groups in total. The summed E-state index contributed by atoms with van der Waals surface area (Å²) in [6.45, 7) is 4.69. The van der Waals surface area contributed by atoms with Crippen molar-refractivity contribution in [2.24, 2.45) is 0 Å². The zero-order chi connectivity index (χ0) is 37.1. The number of aromatic hydroxyl groups is 2. The fourth-order valence-corrected chi connectivity index (χ4v) is 8.33. The number of aliphatic hydroxyl groups is 1. The monoisotopic (exact) mass is 724 g/mol. The van der Waals surface area contributed by atoms with Crippen LogP contribution in [0.2, 0.25) is 0 Å². The van der Waals surface area contributed by atoms with Crippen LogP contribution in [0.25, 0.3) is 0 Å². The molecule has 2 aromatic carbocycles. The Balaban J connectivity index is 1.26. The summed E-state index contributed by atoms with van der Waals surface area (Å²) < 4.78 is 35.7. The maximum Gasteiger partial charge on any atom is 0.252 e. The third-order valence-corrected chi connectivity index (χ3v) is 10.9. The Labute approximate surface area is 300 Å². The number of nitrogens with one attached hydrogen (secondary N) is 1. The van der Waals surface area contributed by atoms with Crippen LogP contribution in [-0.2, 0) is 39.7 Å². The molecule has 5 aliphatic rings. The molecule has 8 atom stereocenters. The molecular formula is C37H44N2O13. The summed E-state index contributed by atoms with van der Waals surface area (Å²) in [5, 5.41) is 38.4. The van der Waals surface area contributed by atoms with Crippen LogP contribution in [0.1, 0.15) is 95.0 Å². The number of carbonyl (C=O) groups is 4. The van der Waals surface area contributed by atoms with Crippen LogP contribution in [0.3, 0.4) is 0 Å². The van der Waals surface area contributed by atoms with Gasteiger partial charge in [0.15, 0.2) is 24.6 Å². The van der Waals surface area contributed by atoms with E-state index in [1.807, 2.05) is 6.92 Å². The summed E-state index contributed by atoms with van der Waals surface area (Å²) in [6, 6.07) is 4.29. The maximum absolute atomic E-state index is 14.0. The predicted octanol–water partition coefficient (Wildman–Crippen LogP) is 2.03. The Hall–Kier alpha value is -3.96. The molecule has 2 aliphatic carbocycles. The molecule has 0 bridgehead atoms. The fourth-order valence-electron chi connectivity index (χ4n) is 8.33. The molecule has 0 aromatic heterocycles. The van der Waals surface area contributed by atoms with E-state index in [4.69, 9.17) is 28.4 Å². The van der Waals surface area contributed by atoms with Crippen LogP contribution in [0.5, 0.6) is 17.2 Å². The van der Waals surface area contributed by atoms with Crippen LogP contribution < -0.4 is 10.1 Å². The van der Waals surface area contributed by atoms with Gasteiger partial charge in [0.1, 0.15) is 34.7 Å². The van der Waals surface area contributed by atoms with Crippen molar-refractivity contribution in [2.45, 2.75) is 101 Å². The Morgan fingerprint density at radius 2 is 1.85 bits per heavy atom. The normalized spacial score (nSPS) is 30.8. The average Bonchev–Trinajstić information content (AvgIpc) is 3.52. The van der Waals surface area contributed by atoms with Gasteiger partial charge in [0.2, 0.25) is 5.78 Å². The van der Waals surface area contributed by atoms with Crippen molar-refractivity contribution in [3.05, 3.63) is 51.6 Å². The van der Waals surface area contributed by atoms with Gasteiger partial charge in [-0.1, -0.05) is 19.1 Å². The van der Waals surface area contributed by atoms with E-state index in [2.05, 4.69) is 10.2 Å². The molecule has 1 amide bonds. The highest BCUT2D eigenvalue weighted by atomic mass is 16.7. The largest absolute Gasteiger partial charge is 0.507 e. The van der Waals surface area contributed by atoms with E-state index in [0.717, 1.165) is 0 Å². The van der Waals surface area contributed by atoms with Crippen LogP contribution >= 0.6 is 0 Å². The van der Waals surface area contributed by atoms with Crippen molar-refractivity contribution in [1.82, 2.24) is 10.2 Å². The molecule has 3 heterocycles. The molecule has 52 heavy (non-hydrogen) atoms. The highest BCUT2D eigenvalue weighted by Gasteiger charge is 2.55. The number of rotatable bonds is 10. The molecule has 0 radical (unpaired) electrons. The molecule has 15 nitrogen and oxygen atoms in total. The minimum absolute atomic E-state index is 0.0280. The number of methoxy groups -OCH3 is 2. The number of hydrogen-bond acceptors (Lipinski definition) is 14. The first-order valence-corrected chi connectivity index (χ1v) is 17.7. The van der Waals surface area contributed by atoms with Gasteiger partial charge in [-0.3, -0.25) is 24.1 Å². The van der Waals surface area contributed by atoms with Gasteiger partial charge in [0.25, 0.3) is 5.91 Å². The molecule has 0 spiro atoms. The highest BCUT2D eigenvalue weighted by Crippen LogP contribution is 2.53. The van der Waals surface area contributed by atoms with E-state index in [1.165, 1.54) is 25.3 Å². The fraction of sp³-hybridized carbons (Fsp3) is 0.568. The standard InChI is InChI=1S/C37H44N2O13/c1-5-18(40)8-7-11-38-36(45)37(46)15-20-26(32(44)28-27(30(20)42)29(41)19-9-6-10-22(47-3)25(19)31(28)43)23(16-37)51-24-14-21-33(17(2)50-24)52-34-35(48-4)49-13-12-39(21)34/h6,9-10,17,21,23-24,33-35,42,44,46H,5,7-8,11-16H2,1-4H3,(H,38,45)/t17-,21-,23-,24-,33+,34+,35-,37-/m0/s1. The van der Waals surface area contributed by atoms with Gasteiger partial charge in [0.05, 0.1) is 42.6 Å². The number of nitrogens with zero attached hydrogens (tertiary/aromatic N) is 1. The first-order chi connectivity index (χ1) is 24.9. The summed E-state index contributed by atoms with van der Waals surface area (Å²) in [7, 11) is 2.89. The molecule has 0 unspecified atom stereocenters. The smallest absolute Gasteiger partial charge is 0.252 e. The Morgan fingerprint density at radius 1 is 1.08 bits per heavy atom. The first kappa shape index (κ1) is 36.4. The van der Waals surface area contributed by atoms with Crippen molar-refractivity contribution < 1.29 is 62.9 Å². The predicted molar refractivity (Wildman–Crippen MR) is 179 cm³/mol. The number of phenolic OH excluding ortho intramolecular Hbond substituents is 2. The number of ketones is 3. The van der Waals surface area contributed by atoms with Gasteiger partial charge >= 0.3 is 0 Å². The number of carbonyl (C=O) groups excluding carboxylic acids is 4. The number of hydrogen-bond donors (Lipinski definition) is 4. The third-order valence-electron chi connectivity index (χ3n) is 10.9. The number of morpholine rings is 1. The van der Waals surface area contributed by atoms with Crippen molar-refractivity contribution >= 4 is 23.3 Å². The lowest BCUT2D eigenvalue weighted by Gasteiger charge is -2.43. The van der Waals surface area contributed by atoms with E-state index in [0.29, 0.717) is 32.4 Å². The third kappa shape index (κ3) is 5.97. The molecule has 280 valence electrons. The minimum Gasteiger partial charge on any atom is -0.507 e. The average molecular weight is 725 g/mol. The molecule has 0 saturated carbocycles. The second-order valence-corrected chi connectivity index (χ2v) is 13.9.